The zero-order chi connectivity index (χ0) is 24.8. The summed E-state index contributed by atoms with van der Waals surface area (Å²) in [5.41, 5.74) is 3.96. The van der Waals surface area contributed by atoms with Gasteiger partial charge in [0.15, 0.2) is 0 Å². The Morgan fingerprint density at radius 1 is 1.00 bits per heavy atom. The summed E-state index contributed by atoms with van der Waals surface area (Å²) >= 11 is 0. The molecule has 36 heavy (non-hydrogen) atoms. The Kier molecular flexibility index (Phi) is 5.41. The number of rotatable bonds is 5. The lowest BCUT2D eigenvalue weighted by Gasteiger charge is -2.30. The molecule has 3 aromatic rings. The maximum absolute atomic E-state index is 13.3. The van der Waals surface area contributed by atoms with E-state index < -0.39 is 11.9 Å². The van der Waals surface area contributed by atoms with Crippen LogP contribution >= 0.6 is 0 Å². The van der Waals surface area contributed by atoms with E-state index in [0.717, 1.165) is 27.7 Å². The Hall–Kier alpha value is -4.24. The standard InChI is InChI=1S/C27H24N4O5/c32-23-11-10-22(26(34)29-23)31-21-9-8-20(18-2-1-3-19(25(18)21)27(31)35)28-17-6-4-16(5-7-17)14-30-12-13-36-15-24(30)33/h1-9,22,28H,10-15H2,(H,29,32,34). The molecule has 0 aliphatic carbocycles. The highest BCUT2D eigenvalue weighted by atomic mass is 16.5. The van der Waals surface area contributed by atoms with Crippen LogP contribution in [0.4, 0.5) is 17.1 Å². The third-order valence-corrected chi connectivity index (χ3v) is 6.94. The molecule has 1 unspecified atom stereocenters. The van der Waals surface area contributed by atoms with Crippen LogP contribution in [0.5, 0.6) is 0 Å². The number of nitrogens with one attached hydrogen (secondary N) is 2. The number of benzene rings is 3. The van der Waals surface area contributed by atoms with Gasteiger partial charge in [-0.2, -0.15) is 0 Å². The van der Waals surface area contributed by atoms with Crippen LogP contribution in [0.1, 0.15) is 28.8 Å². The third-order valence-electron chi connectivity index (χ3n) is 6.94. The van der Waals surface area contributed by atoms with Gasteiger partial charge in [-0.3, -0.25) is 29.4 Å². The van der Waals surface area contributed by atoms with Crippen molar-refractivity contribution in [2.75, 3.05) is 30.0 Å². The van der Waals surface area contributed by atoms with E-state index in [1.807, 2.05) is 48.5 Å². The maximum Gasteiger partial charge on any atom is 0.259 e. The van der Waals surface area contributed by atoms with Crippen molar-refractivity contribution in [1.82, 2.24) is 10.2 Å². The van der Waals surface area contributed by atoms with Crippen LogP contribution in [0.2, 0.25) is 0 Å². The fourth-order valence-electron chi connectivity index (χ4n) is 5.14. The molecule has 0 radical (unpaired) electrons. The smallest absolute Gasteiger partial charge is 0.259 e. The van der Waals surface area contributed by atoms with Crippen LogP contribution in [0.15, 0.2) is 54.6 Å². The molecule has 1 atom stereocenters. The number of anilines is 3. The van der Waals surface area contributed by atoms with Crippen molar-refractivity contribution in [1.29, 1.82) is 0 Å². The van der Waals surface area contributed by atoms with E-state index in [0.29, 0.717) is 37.4 Å². The molecule has 3 aromatic carbocycles. The predicted molar refractivity (Wildman–Crippen MR) is 133 cm³/mol. The molecule has 9 nitrogen and oxygen atoms in total. The van der Waals surface area contributed by atoms with Crippen LogP contribution in [0, 0.1) is 0 Å². The van der Waals surface area contributed by atoms with Crippen LogP contribution < -0.4 is 15.5 Å². The average molecular weight is 485 g/mol. The largest absolute Gasteiger partial charge is 0.370 e. The first-order valence-electron chi connectivity index (χ1n) is 11.9. The number of carbonyl (C=O) groups excluding carboxylic acids is 4. The average Bonchev–Trinajstić information content (AvgIpc) is 3.16. The highest BCUT2D eigenvalue weighted by Gasteiger charge is 2.40. The normalized spacial score (nSPS) is 19.7. The number of piperidine rings is 1. The number of ether oxygens (including phenoxy) is 1. The molecular weight excluding hydrogens is 460 g/mol. The second-order valence-corrected chi connectivity index (χ2v) is 9.19. The molecule has 2 saturated heterocycles. The Morgan fingerprint density at radius 2 is 1.83 bits per heavy atom. The third kappa shape index (κ3) is 3.77. The topological polar surface area (TPSA) is 108 Å². The summed E-state index contributed by atoms with van der Waals surface area (Å²) in [6.07, 6.45) is 0.503. The van der Waals surface area contributed by atoms with Crippen molar-refractivity contribution in [3.63, 3.8) is 0 Å². The van der Waals surface area contributed by atoms with E-state index in [1.54, 1.807) is 11.0 Å². The van der Waals surface area contributed by atoms with Crippen LogP contribution in [0.25, 0.3) is 10.8 Å². The van der Waals surface area contributed by atoms with E-state index in [4.69, 9.17) is 4.74 Å². The van der Waals surface area contributed by atoms with E-state index in [2.05, 4.69) is 10.6 Å². The maximum atomic E-state index is 13.3. The summed E-state index contributed by atoms with van der Waals surface area (Å²) in [6.45, 7) is 1.82. The summed E-state index contributed by atoms with van der Waals surface area (Å²) in [7, 11) is 0. The van der Waals surface area contributed by atoms with E-state index in [-0.39, 0.29) is 30.7 Å². The van der Waals surface area contributed by atoms with Gasteiger partial charge in [-0.25, -0.2) is 0 Å². The minimum atomic E-state index is -0.712. The van der Waals surface area contributed by atoms with Crippen molar-refractivity contribution < 1.29 is 23.9 Å². The Balaban J connectivity index is 1.27. The molecule has 3 aliphatic heterocycles. The van der Waals surface area contributed by atoms with Gasteiger partial charge in [0.25, 0.3) is 5.91 Å². The highest BCUT2D eigenvalue weighted by molar-refractivity contribution is 6.28. The van der Waals surface area contributed by atoms with Gasteiger partial charge in [0, 0.05) is 47.2 Å². The van der Waals surface area contributed by atoms with Gasteiger partial charge in [0.05, 0.1) is 12.3 Å². The Morgan fingerprint density at radius 3 is 2.61 bits per heavy atom. The molecule has 0 saturated carbocycles. The zero-order valence-corrected chi connectivity index (χ0v) is 19.5. The van der Waals surface area contributed by atoms with Crippen molar-refractivity contribution in [2.24, 2.45) is 0 Å². The molecule has 3 heterocycles. The summed E-state index contributed by atoms with van der Waals surface area (Å²) in [4.78, 5) is 52.7. The minimum absolute atomic E-state index is 0.00256. The molecule has 6 rings (SSSR count). The molecule has 9 heteroatoms. The van der Waals surface area contributed by atoms with Crippen molar-refractivity contribution in [3.8, 4) is 0 Å². The first-order chi connectivity index (χ1) is 17.5. The van der Waals surface area contributed by atoms with Gasteiger partial charge < -0.3 is 15.0 Å². The second kappa shape index (κ2) is 8.76. The first kappa shape index (κ1) is 22.2. The number of morpholine rings is 1. The van der Waals surface area contributed by atoms with E-state index >= 15 is 0 Å². The lowest BCUT2D eigenvalue weighted by atomic mass is 10.0. The molecule has 0 spiro atoms. The van der Waals surface area contributed by atoms with Gasteiger partial charge in [0.1, 0.15) is 12.6 Å². The van der Waals surface area contributed by atoms with Gasteiger partial charge >= 0.3 is 0 Å². The number of carbonyl (C=O) groups is 4. The number of amides is 4. The summed E-state index contributed by atoms with van der Waals surface area (Å²) < 4.78 is 5.19. The molecule has 182 valence electrons. The molecular formula is C27H24N4O5. The highest BCUT2D eigenvalue weighted by Crippen LogP contribution is 2.43. The molecule has 0 aromatic heterocycles. The van der Waals surface area contributed by atoms with E-state index in [9.17, 15) is 19.2 Å². The molecule has 4 amide bonds. The van der Waals surface area contributed by atoms with Crippen LogP contribution in [-0.4, -0.2) is 54.3 Å². The van der Waals surface area contributed by atoms with Crippen LogP contribution in [0.3, 0.4) is 0 Å². The number of imide groups is 1. The zero-order valence-electron chi connectivity index (χ0n) is 19.5. The molecule has 2 N–H and O–H groups in total. The Labute approximate surface area is 207 Å². The SMILES string of the molecule is O=C1CCC(N2C(=O)c3cccc4c(Nc5ccc(CN6CCOCC6=O)cc5)ccc2c34)C(=O)N1. The number of nitrogens with zero attached hydrogens (tertiary/aromatic N) is 2. The lowest BCUT2D eigenvalue weighted by Crippen LogP contribution is -2.53. The van der Waals surface area contributed by atoms with Crippen molar-refractivity contribution in [3.05, 3.63) is 65.7 Å². The monoisotopic (exact) mass is 484 g/mol. The number of hydrogen-bond donors (Lipinski definition) is 2. The predicted octanol–water partition coefficient (Wildman–Crippen LogP) is 2.71. The van der Waals surface area contributed by atoms with Gasteiger partial charge in [-0.1, -0.05) is 24.3 Å². The molecule has 0 bridgehead atoms. The summed E-state index contributed by atoms with van der Waals surface area (Å²) in [5, 5.41) is 7.45. The minimum Gasteiger partial charge on any atom is -0.370 e. The van der Waals surface area contributed by atoms with E-state index in [1.165, 1.54) is 4.90 Å². The Bertz CT molecular complexity index is 1420. The molecule has 2 fully saturated rings. The lowest BCUT2D eigenvalue weighted by molar-refractivity contribution is -0.143. The second-order valence-electron chi connectivity index (χ2n) is 9.19. The van der Waals surface area contributed by atoms with Crippen molar-refractivity contribution >= 4 is 51.5 Å². The van der Waals surface area contributed by atoms with Gasteiger partial charge in [0.2, 0.25) is 17.7 Å². The fourth-order valence-corrected chi connectivity index (χ4v) is 5.14. The van der Waals surface area contributed by atoms with Gasteiger partial charge in [-0.15, -0.1) is 0 Å². The van der Waals surface area contributed by atoms with Gasteiger partial charge in [-0.05, 0) is 42.3 Å². The van der Waals surface area contributed by atoms with Crippen LogP contribution in [-0.2, 0) is 25.7 Å². The summed E-state index contributed by atoms with van der Waals surface area (Å²) in [6, 6.07) is 16.5. The quantitative estimate of drug-likeness (QED) is 0.539. The van der Waals surface area contributed by atoms with Crippen molar-refractivity contribution in [2.45, 2.75) is 25.4 Å². The first-order valence-corrected chi connectivity index (χ1v) is 11.9. The molecule has 3 aliphatic rings. The number of hydrogen-bond acceptors (Lipinski definition) is 6. The fraction of sp³-hybridized carbons (Fsp3) is 0.259. The summed E-state index contributed by atoms with van der Waals surface area (Å²) in [5.74, 6) is -0.990.